The number of benzene rings is 2. The van der Waals surface area contributed by atoms with Gasteiger partial charge in [0.1, 0.15) is 5.75 Å². The molecule has 0 spiro atoms. The molecule has 1 aliphatic carbocycles. The fourth-order valence-electron chi connectivity index (χ4n) is 4.37. The summed E-state index contributed by atoms with van der Waals surface area (Å²) in [5, 5.41) is 32.8. The highest BCUT2D eigenvalue weighted by Crippen LogP contribution is 2.42. The van der Waals surface area contributed by atoms with Crippen molar-refractivity contribution in [1.29, 1.82) is 0 Å². The number of hydroxylamine groups is 2. The van der Waals surface area contributed by atoms with E-state index in [0.717, 1.165) is 36.5 Å². The van der Waals surface area contributed by atoms with Crippen molar-refractivity contribution >= 4 is 51.3 Å². The summed E-state index contributed by atoms with van der Waals surface area (Å²) in [4.78, 5) is 12.8. The van der Waals surface area contributed by atoms with E-state index >= 15 is 0 Å². The Morgan fingerprint density at radius 1 is 1.25 bits per heavy atom. The molecular formula is C23H28N4O3S2. The van der Waals surface area contributed by atoms with E-state index in [0.29, 0.717) is 14.9 Å². The molecule has 1 aliphatic heterocycles. The highest BCUT2D eigenvalue weighted by Gasteiger charge is 2.50. The Hall–Kier alpha value is -2.36. The zero-order valence-electron chi connectivity index (χ0n) is 18.2. The van der Waals surface area contributed by atoms with Crippen LogP contribution in [0.25, 0.3) is 10.8 Å². The second-order valence-electron chi connectivity index (χ2n) is 8.78. The number of hydrogen-bond donors (Lipinski definition) is 3. The van der Waals surface area contributed by atoms with Crippen molar-refractivity contribution in [3.63, 3.8) is 0 Å². The van der Waals surface area contributed by atoms with Gasteiger partial charge in [0.25, 0.3) is 0 Å². The molecule has 9 heteroatoms. The number of phenolic OH excluding ortho intramolecular Hbond substituents is 1. The number of nitrogens with one attached hydrogen (secondary N) is 1. The maximum atomic E-state index is 12.8. The van der Waals surface area contributed by atoms with Crippen molar-refractivity contribution in [2.75, 3.05) is 0 Å². The molecule has 2 aromatic rings. The molecule has 7 nitrogen and oxygen atoms in total. The number of carbonyl (C=O) groups is 1. The lowest BCUT2D eigenvalue weighted by Gasteiger charge is -2.35. The fraction of sp³-hybridized carbons (Fsp3) is 0.435. The second kappa shape index (κ2) is 9.25. The van der Waals surface area contributed by atoms with Crippen molar-refractivity contribution in [3.8, 4) is 5.75 Å². The van der Waals surface area contributed by atoms with E-state index in [2.05, 4.69) is 10.4 Å². The number of fused-ring (bicyclic) bond motifs is 1. The van der Waals surface area contributed by atoms with Gasteiger partial charge >= 0.3 is 6.03 Å². The van der Waals surface area contributed by atoms with Crippen molar-refractivity contribution in [2.24, 2.45) is 5.10 Å². The van der Waals surface area contributed by atoms with Gasteiger partial charge in [0, 0.05) is 11.6 Å². The lowest BCUT2D eigenvalue weighted by molar-refractivity contribution is -0.119. The molecule has 3 N–H and O–H groups in total. The minimum absolute atomic E-state index is 0.0691. The normalized spacial score (nSPS) is 21.4. The molecule has 2 aliphatic rings. The highest BCUT2D eigenvalue weighted by atomic mass is 32.2. The van der Waals surface area contributed by atoms with E-state index in [9.17, 15) is 15.1 Å². The third kappa shape index (κ3) is 4.55. The Bertz CT molecular complexity index is 1050. The zero-order chi connectivity index (χ0) is 22.9. The minimum atomic E-state index is -0.794. The second-order valence-corrected chi connectivity index (χ2v) is 11.1. The number of hydrazone groups is 1. The summed E-state index contributed by atoms with van der Waals surface area (Å²) in [5.74, 6) is 0.0944. The topological polar surface area (TPSA) is 88.4 Å². The number of rotatable bonds is 4. The number of carbonyl (C=O) groups excluding carboxylic acids is 1. The molecule has 32 heavy (non-hydrogen) atoms. The zero-order valence-corrected chi connectivity index (χ0v) is 19.8. The monoisotopic (exact) mass is 472 g/mol. The number of phenols is 1. The van der Waals surface area contributed by atoms with E-state index in [1.165, 1.54) is 29.4 Å². The van der Waals surface area contributed by atoms with Crippen molar-refractivity contribution in [1.82, 2.24) is 15.4 Å². The first-order valence-electron chi connectivity index (χ1n) is 10.8. The Labute approximate surface area is 197 Å². The average molecular weight is 473 g/mol. The molecular weight excluding hydrogens is 444 g/mol. The van der Waals surface area contributed by atoms with Crippen LogP contribution in [0, 0.1) is 0 Å². The number of hydrogen-bond acceptors (Lipinski definition) is 6. The van der Waals surface area contributed by atoms with E-state index in [1.807, 2.05) is 44.2 Å². The molecule has 1 saturated heterocycles. The number of nitrogens with zero attached hydrogens (tertiary/aromatic N) is 3. The number of amides is 2. The van der Waals surface area contributed by atoms with Crippen LogP contribution >= 0.6 is 24.0 Å². The maximum absolute atomic E-state index is 12.8. The van der Waals surface area contributed by atoms with Crippen LogP contribution in [0.2, 0.25) is 0 Å². The largest absolute Gasteiger partial charge is 0.507 e. The molecule has 0 aromatic heterocycles. The van der Waals surface area contributed by atoms with E-state index in [4.69, 9.17) is 12.2 Å². The minimum Gasteiger partial charge on any atom is -0.507 e. The van der Waals surface area contributed by atoms with Gasteiger partial charge in [-0.2, -0.15) is 10.2 Å². The van der Waals surface area contributed by atoms with E-state index in [-0.39, 0.29) is 11.8 Å². The summed E-state index contributed by atoms with van der Waals surface area (Å²) in [6, 6.07) is 10.7. The molecule has 1 atom stereocenters. The molecule has 0 radical (unpaired) electrons. The van der Waals surface area contributed by atoms with Crippen LogP contribution in [0.3, 0.4) is 0 Å². The number of thioether (sulfide) groups is 1. The molecule has 2 fully saturated rings. The summed E-state index contributed by atoms with van der Waals surface area (Å²) in [5.41, 5.74) is 0.551. The van der Waals surface area contributed by atoms with Crippen LogP contribution in [-0.2, 0) is 0 Å². The summed E-state index contributed by atoms with van der Waals surface area (Å²) >= 11 is 6.89. The van der Waals surface area contributed by atoms with Gasteiger partial charge in [-0.1, -0.05) is 73.6 Å². The van der Waals surface area contributed by atoms with Gasteiger partial charge in [0.15, 0.2) is 10.5 Å². The van der Waals surface area contributed by atoms with Crippen molar-refractivity contribution < 1.29 is 15.1 Å². The Balaban J connectivity index is 1.60. The number of thiocarbonyl (C=S) groups is 1. The molecule has 170 valence electrons. The first-order valence-corrected chi connectivity index (χ1v) is 12.1. The van der Waals surface area contributed by atoms with Crippen LogP contribution in [0.4, 0.5) is 4.79 Å². The molecule has 0 bridgehead atoms. The predicted molar refractivity (Wildman–Crippen MR) is 132 cm³/mol. The van der Waals surface area contributed by atoms with Gasteiger partial charge in [0.2, 0.25) is 0 Å². The fourth-order valence-corrected chi connectivity index (χ4v) is 6.15. The standard InChI is InChI=1S/C23H28N4O3S2/c1-23(2)20(27(30)21(29)25-16-9-4-3-5-10-16)26(22(31)32-23)24-14-18-17-11-7-6-8-15(17)12-13-19(18)28/h6-8,11-14,16,20,28,30H,3-5,9-10H2,1-2H3,(H,25,29)/b24-14+/t20-/m1/s1. The van der Waals surface area contributed by atoms with Crippen LogP contribution in [0.15, 0.2) is 41.5 Å². The highest BCUT2D eigenvalue weighted by molar-refractivity contribution is 8.24. The molecule has 1 heterocycles. The molecule has 1 saturated carbocycles. The predicted octanol–water partition coefficient (Wildman–Crippen LogP) is 5.05. The van der Waals surface area contributed by atoms with Crippen molar-refractivity contribution in [3.05, 3.63) is 42.0 Å². The first kappa shape index (κ1) is 22.8. The quantitative estimate of drug-likeness (QED) is 0.250. The lowest BCUT2D eigenvalue weighted by Crippen LogP contribution is -2.57. The lowest BCUT2D eigenvalue weighted by atomic mass is 9.96. The number of aromatic hydroxyl groups is 1. The average Bonchev–Trinajstić information content (AvgIpc) is 3.00. The van der Waals surface area contributed by atoms with E-state index in [1.54, 1.807) is 6.07 Å². The van der Waals surface area contributed by atoms with Gasteiger partial charge < -0.3 is 10.4 Å². The van der Waals surface area contributed by atoms with Gasteiger partial charge in [-0.05, 0) is 43.5 Å². The Morgan fingerprint density at radius 2 is 1.97 bits per heavy atom. The number of urea groups is 1. The van der Waals surface area contributed by atoms with Crippen LogP contribution in [0.5, 0.6) is 5.75 Å². The molecule has 2 amide bonds. The summed E-state index contributed by atoms with van der Waals surface area (Å²) in [6.45, 7) is 3.83. The SMILES string of the molecule is CC1(C)SC(=S)N(/N=C/c2c(O)ccc3ccccc23)[C@@H]1N(O)C(=O)NC1CCCCC1. The molecule has 0 unspecified atom stereocenters. The van der Waals surface area contributed by atoms with Crippen LogP contribution in [-0.4, -0.2) is 53.9 Å². The van der Waals surface area contributed by atoms with Gasteiger partial charge in [-0.15, -0.1) is 0 Å². The van der Waals surface area contributed by atoms with Gasteiger partial charge in [-0.25, -0.2) is 9.80 Å². The third-order valence-corrected chi connectivity index (χ3v) is 7.56. The van der Waals surface area contributed by atoms with Gasteiger partial charge in [-0.3, -0.25) is 5.21 Å². The Kier molecular flexibility index (Phi) is 6.60. The summed E-state index contributed by atoms with van der Waals surface area (Å²) in [7, 11) is 0. The summed E-state index contributed by atoms with van der Waals surface area (Å²) in [6.07, 6.45) is 5.92. The van der Waals surface area contributed by atoms with Crippen LogP contribution < -0.4 is 5.32 Å². The van der Waals surface area contributed by atoms with Crippen LogP contribution in [0.1, 0.15) is 51.5 Å². The first-order chi connectivity index (χ1) is 15.3. The third-order valence-electron chi connectivity index (χ3n) is 6.02. The van der Waals surface area contributed by atoms with Crippen molar-refractivity contribution in [2.45, 2.75) is 62.9 Å². The van der Waals surface area contributed by atoms with E-state index < -0.39 is 16.9 Å². The molecule has 2 aromatic carbocycles. The summed E-state index contributed by atoms with van der Waals surface area (Å²) < 4.78 is -0.145. The van der Waals surface area contributed by atoms with Gasteiger partial charge in [0.05, 0.1) is 11.0 Å². The Morgan fingerprint density at radius 3 is 2.72 bits per heavy atom. The molecule has 4 rings (SSSR count). The maximum Gasteiger partial charge on any atom is 0.343 e. The smallest absolute Gasteiger partial charge is 0.343 e.